The van der Waals surface area contributed by atoms with E-state index in [1.807, 2.05) is 12.1 Å². The van der Waals surface area contributed by atoms with E-state index in [4.69, 9.17) is 13.9 Å². The van der Waals surface area contributed by atoms with Crippen molar-refractivity contribution in [2.24, 2.45) is 13.0 Å². The topological polar surface area (TPSA) is 50.6 Å². The second kappa shape index (κ2) is 9.15. The molecule has 7 rings (SSSR count). The van der Waals surface area contributed by atoms with E-state index in [9.17, 15) is 0 Å². The van der Waals surface area contributed by atoms with Gasteiger partial charge in [0, 0.05) is 43.7 Å². The Kier molecular flexibility index (Phi) is 5.89. The highest BCUT2D eigenvalue weighted by molar-refractivity contribution is 5.22. The van der Waals surface area contributed by atoms with E-state index in [1.165, 1.54) is 56.5 Å². The number of nitrogens with zero attached hydrogens (tertiary/aromatic N) is 4. The number of furan rings is 2. The standard InChI is InChI=1S/C27H36N4O2/c1-29-27(15-26(28-29)20-6-2-3-7-20)25-19-31-11-10-21(25)14-22(31)16-30(17-23-8-4-12-32-23)18-24-9-5-13-33-24/h4-5,8-9,12-13,15,20-22,25H,2-3,6-7,10-11,14,16-19H2,1H3. The van der Waals surface area contributed by atoms with Gasteiger partial charge in [-0.25, -0.2) is 0 Å². The van der Waals surface area contributed by atoms with Crippen molar-refractivity contribution in [3.8, 4) is 0 Å². The van der Waals surface area contributed by atoms with Crippen molar-refractivity contribution < 1.29 is 8.83 Å². The summed E-state index contributed by atoms with van der Waals surface area (Å²) in [5.41, 5.74) is 2.81. The third kappa shape index (κ3) is 4.43. The molecule has 0 N–H and O–H groups in total. The summed E-state index contributed by atoms with van der Waals surface area (Å²) >= 11 is 0. The molecule has 0 aromatic carbocycles. The minimum absolute atomic E-state index is 0.590. The van der Waals surface area contributed by atoms with Crippen molar-refractivity contribution in [2.45, 2.75) is 69.5 Å². The largest absolute Gasteiger partial charge is 0.468 e. The maximum absolute atomic E-state index is 5.67. The van der Waals surface area contributed by atoms with Crippen molar-refractivity contribution in [1.29, 1.82) is 0 Å². The van der Waals surface area contributed by atoms with Gasteiger partial charge in [-0.1, -0.05) is 12.8 Å². The monoisotopic (exact) mass is 448 g/mol. The molecule has 6 nitrogen and oxygen atoms in total. The van der Waals surface area contributed by atoms with Gasteiger partial charge in [-0.15, -0.1) is 0 Å². The summed E-state index contributed by atoms with van der Waals surface area (Å²) in [4.78, 5) is 5.23. The number of hydrogen-bond acceptors (Lipinski definition) is 5. The van der Waals surface area contributed by atoms with Crippen molar-refractivity contribution in [1.82, 2.24) is 19.6 Å². The Labute approximate surface area is 196 Å². The fourth-order valence-corrected chi connectivity index (χ4v) is 6.66. The molecule has 4 fully saturated rings. The van der Waals surface area contributed by atoms with Crippen LogP contribution in [-0.4, -0.2) is 45.3 Å². The minimum Gasteiger partial charge on any atom is -0.468 e. The average molecular weight is 449 g/mol. The maximum Gasteiger partial charge on any atom is 0.117 e. The maximum atomic E-state index is 5.67. The van der Waals surface area contributed by atoms with Crippen LogP contribution in [0.3, 0.4) is 0 Å². The fourth-order valence-electron chi connectivity index (χ4n) is 6.66. The first kappa shape index (κ1) is 21.2. The molecular weight excluding hydrogens is 412 g/mol. The van der Waals surface area contributed by atoms with E-state index in [0.717, 1.165) is 43.6 Å². The first-order chi connectivity index (χ1) is 16.2. The van der Waals surface area contributed by atoms with Gasteiger partial charge in [0.15, 0.2) is 0 Å². The lowest BCUT2D eigenvalue weighted by Gasteiger charge is -2.50. The zero-order valence-electron chi connectivity index (χ0n) is 19.7. The summed E-state index contributed by atoms with van der Waals surface area (Å²) in [5, 5.41) is 4.97. The Morgan fingerprint density at radius 3 is 2.36 bits per heavy atom. The van der Waals surface area contributed by atoms with Gasteiger partial charge in [-0.2, -0.15) is 5.10 Å². The fraction of sp³-hybridized carbons (Fsp3) is 0.593. The van der Waals surface area contributed by atoms with Crippen LogP contribution >= 0.6 is 0 Å². The molecule has 33 heavy (non-hydrogen) atoms. The van der Waals surface area contributed by atoms with E-state index >= 15 is 0 Å². The van der Waals surface area contributed by atoms with Gasteiger partial charge in [-0.05, 0) is 68.5 Å². The summed E-state index contributed by atoms with van der Waals surface area (Å²) in [6.45, 7) is 5.06. The molecular formula is C27H36N4O2. The quantitative estimate of drug-likeness (QED) is 0.477. The Morgan fingerprint density at radius 2 is 1.76 bits per heavy atom. The third-order valence-corrected chi connectivity index (χ3v) is 8.35. The normalized spacial score (nSPS) is 27.7. The van der Waals surface area contributed by atoms with Gasteiger partial charge < -0.3 is 8.83 Å². The van der Waals surface area contributed by atoms with E-state index in [2.05, 4.69) is 39.7 Å². The number of aromatic nitrogens is 2. The van der Waals surface area contributed by atoms with Gasteiger partial charge >= 0.3 is 0 Å². The molecule has 0 amide bonds. The summed E-state index contributed by atoms with van der Waals surface area (Å²) in [6.07, 6.45) is 11.5. The number of rotatable bonds is 8. The lowest BCUT2D eigenvalue weighted by molar-refractivity contribution is 0.00571. The molecule has 3 aliphatic heterocycles. The highest BCUT2D eigenvalue weighted by Gasteiger charge is 2.42. The van der Waals surface area contributed by atoms with E-state index < -0.39 is 0 Å². The average Bonchev–Trinajstić information content (AvgIpc) is 3.62. The van der Waals surface area contributed by atoms with Crippen molar-refractivity contribution in [2.75, 3.05) is 19.6 Å². The Bertz CT molecular complexity index is 983. The van der Waals surface area contributed by atoms with Crippen LogP contribution in [0, 0.1) is 5.92 Å². The molecule has 176 valence electrons. The highest BCUT2D eigenvalue weighted by Crippen LogP contribution is 2.43. The Hall–Kier alpha value is -2.31. The number of aryl methyl sites for hydroxylation is 1. The molecule has 3 aromatic rings. The van der Waals surface area contributed by atoms with Gasteiger partial charge in [0.25, 0.3) is 0 Å². The molecule has 0 radical (unpaired) electrons. The molecule has 4 atom stereocenters. The van der Waals surface area contributed by atoms with E-state index in [0.29, 0.717) is 17.9 Å². The van der Waals surface area contributed by atoms with Gasteiger partial charge in [0.05, 0.1) is 31.3 Å². The van der Waals surface area contributed by atoms with Gasteiger partial charge in [0.2, 0.25) is 0 Å². The van der Waals surface area contributed by atoms with Crippen LogP contribution in [0.15, 0.2) is 51.7 Å². The predicted molar refractivity (Wildman–Crippen MR) is 127 cm³/mol. The molecule has 3 aromatic heterocycles. The second-order valence-corrected chi connectivity index (χ2v) is 10.5. The minimum atomic E-state index is 0.590. The first-order valence-corrected chi connectivity index (χ1v) is 12.8. The first-order valence-electron chi connectivity index (χ1n) is 12.8. The van der Waals surface area contributed by atoms with E-state index in [1.54, 1.807) is 12.5 Å². The molecule has 6 heterocycles. The number of hydrogen-bond donors (Lipinski definition) is 0. The zero-order valence-corrected chi connectivity index (χ0v) is 19.7. The third-order valence-electron chi connectivity index (χ3n) is 8.35. The van der Waals surface area contributed by atoms with Crippen LogP contribution in [0.5, 0.6) is 0 Å². The Balaban J connectivity index is 1.15. The zero-order chi connectivity index (χ0) is 22.2. The molecule has 4 aliphatic rings. The smallest absolute Gasteiger partial charge is 0.117 e. The predicted octanol–water partition coefficient (Wildman–Crippen LogP) is 5.14. The summed E-state index contributed by atoms with van der Waals surface area (Å²) in [6, 6.07) is 11.1. The van der Waals surface area contributed by atoms with Gasteiger partial charge in [-0.3, -0.25) is 14.5 Å². The molecule has 2 bridgehead atoms. The van der Waals surface area contributed by atoms with Crippen LogP contribution in [0.2, 0.25) is 0 Å². The van der Waals surface area contributed by atoms with Crippen LogP contribution in [0.1, 0.15) is 73.3 Å². The summed E-state index contributed by atoms with van der Waals surface area (Å²) in [7, 11) is 2.16. The number of fused-ring (bicyclic) bond motifs is 3. The lowest BCUT2D eigenvalue weighted by atomic mass is 9.74. The van der Waals surface area contributed by atoms with Crippen molar-refractivity contribution in [3.63, 3.8) is 0 Å². The molecule has 3 saturated heterocycles. The van der Waals surface area contributed by atoms with Crippen molar-refractivity contribution >= 4 is 0 Å². The summed E-state index contributed by atoms with van der Waals surface area (Å²) < 4.78 is 13.5. The van der Waals surface area contributed by atoms with Crippen LogP contribution in [0.25, 0.3) is 0 Å². The molecule has 1 saturated carbocycles. The van der Waals surface area contributed by atoms with Crippen LogP contribution in [0.4, 0.5) is 0 Å². The Morgan fingerprint density at radius 1 is 1.03 bits per heavy atom. The summed E-state index contributed by atoms with van der Waals surface area (Å²) in [5.74, 6) is 4.09. The molecule has 0 spiro atoms. The van der Waals surface area contributed by atoms with Crippen molar-refractivity contribution in [3.05, 3.63) is 65.8 Å². The SMILES string of the molecule is Cn1nc(C2CCCC2)cc1C1CN2CCC1CC2CN(Cc1ccco1)Cc1ccco1. The second-order valence-electron chi connectivity index (χ2n) is 10.5. The highest BCUT2D eigenvalue weighted by atomic mass is 16.3. The lowest BCUT2D eigenvalue weighted by Crippen LogP contribution is -2.56. The molecule has 6 heteroatoms. The molecule has 4 unspecified atom stereocenters. The van der Waals surface area contributed by atoms with Gasteiger partial charge in [0.1, 0.15) is 11.5 Å². The van der Waals surface area contributed by atoms with E-state index in [-0.39, 0.29) is 0 Å². The molecule has 1 aliphatic carbocycles. The van der Waals surface area contributed by atoms with Crippen LogP contribution < -0.4 is 0 Å². The van der Waals surface area contributed by atoms with Crippen LogP contribution in [-0.2, 0) is 20.1 Å². The number of piperidine rings is 3.